The molecule has 0 bridgehead atoms. The van der Waals surface area contributed by atoms with Gasteiger partial charge in [-0.3, -0.25) is 0 Å². The number of sulfonamides is 1. The standard InChI is InChI=1S/C6H8N2O2S.K.H/c7-5-1-3-6(4-2-5)11(8,9)10;;/h1-4H,7H2,(H2,8,9,10);;. The van der Waals surface area contributed by atoms with Gasteiger partial charge in [0, 0.05) is 5.69 Å². The van der Waals surface area contributed by atoms with Crippen molar-refractivity contribution in [2.24, 2.45) is 5.14 Å². The van der Waals surface area contributed by atoms with Crippen molar-refractivity contribution in [3.8, 4) is 0 Å². The molecule has 0 aliphatic carbocycles. The van der Waals surface area contributed by atoms with Gasteiger partial charge in [-0.15, -0.1) is 0 Å². The maximum absolute atomic E-state index is 10.7. The van der Waals surface area contributed by atoms with Crippen LogP contribution in [0.2, 0.25) is 0 Å². The summed E-state index contributed by atoms with van der Waals surface area (Å²) < 4.78 is 21.4. The van der Waals surface area contributed by atoms with Crippen molar-refractivity contribution in [2.45, 2.75) is 4.90 Å². The summed E-state index contributed by atoms with van der Waals surface area (Å²) in [6.07, 6.45) is 0. The third-order valence-corrected chi connectivity index (χ3v) is 2.14. The summed E-state index contributed by atoms with van der Waals surface area (Å²) in [6.45, 7) is 0. The van der Waals surface area contributed by atoms with Gasteiger partial charge in [0.2, 0.25) is 10.0 Å². The molecule has 6 heteroatoms. The Hall–Kier alpha value is 0.566. The van der Waals surface area contributed by atoms with Crippen molar-refractivity contribution in [1.82, 2.24) is 0 Å². The molecule has 62 valence electrons. The summed E-state index contributed by atoms with van der Waals surface area (Å²) in [5.41, 5.74) is 5.85. The minimum atomic E-state index is -3.58. The van der Waals surface area contributed by atoms with Crippen LogP contribution in [0.5, 0.6) is 0 Å². The minimum absolute atomic E-state index is 0. The first-order valence-corrected chi connectivity index (χ1v) is 4.43. The van der Waals surface area contributed by atoms with Crippen molar-refractivity contribution >= 4 is 67.1 Å². The molecule has 1 aromatic carbocycles. The van der Waals surface area contributed by atoms with E-state index in [-0.39, 0.29) is 56.3 Å². The topological polar surface area (TPSA) is 86.2 Å². The zero-order valence-corrected chi connectivity index (χ0v) is 6.51. The van der Waals surface area contributed by atoms with Gasteiger partial charge >= 0.3 is 51.4 Å². The monoisotopic (exact) mass is 212 g/mol. The summed E-state index contributed by atoms with van der Waals surface area (Å²) in [6, 6.07) is 5.70. The molecule has 4 nitrogen and oxygen atoms in total. The average Bonchev–Trinajstić information content (AvgIpc) is 1.86. The van der Waals surface area contributed by atoms with Crippen molar-refractivity contribution in [3.05, 3.63) is 24.3 Å². The van der Waals surface area contributed by atoms with Crippen molar-refractivity contribution in [3.63, 3.8) is 0 Å². The molecule has 0 aliphatic heterocycles. The Morgan fingerprint density at radius 2 is 1.50 bits per heavy atom. The van der Waals surface area contributed by atoms with Crippen LogP contribution < -0.4 is 10.9 Å². The molecule has 1 aromatic rings. The van der Waals surface area contributed by atoms with Crippen LogP contribution in [0.25, 0.3) is 0 Å². The first-order valence-electron chi connectivity index (χ1n) is 2.88. The predicted octanol–water partition coefficient (Wildman–Crippen LogP) is -0.732. The Labute approximate surface area is 114 Å². The van der Waals surface area contributed by atoms with E-state index in [0.29, 0.717) is 5.69 Å². The van der Waals surface area contributed by atoms with Gasteiger partial charge in [0.1, 0.15) is 0 Å². The molecule has 0 aromatic heterocycles. The van der Waals surface area contributed by atoms with Gasteiger partial charge in [0.15, 0.2) is 0 Å². The maximum atomic E-state index is 10.7. The molecule has 0 aliphatic rings. The third-order valence-electron chi connectivity index (χ3n) is 1.21. The van der Waals surface area contributed by atoms with E-state index >= 15 is 0 Å². The number of hydrogen-bond acceptors (Lipinski definition) is 3. The van der Waals surface area contributed by atoms with Gasteiger partial charge in [0.25, 0.3) is 0 Å². The van der Waals surface area contributed by atoms with Crippen molar-refractivity contribution < 1.29 is 8.42 Å². The van der Waals surface area contributed by atoms with E-state index < -0.39 is 10.0 Å². The van der Waals surface area contributed by atoms with Gasteiger partial charge in [-0.25, -0.2) is 13.6 Å². The molecule has 12 heavy (non-hydrogen) atoms. The van der Waals surface area contributed by atoms with E-state index in [4.69, 9.17) is 10.9 Å². The summed E-state index contributed by atoms with van der Waals surface area (Å²) in [4.78, 5) is 0.0756. The molecular formula is C6H9KN2O2S. The molecular weight excluding hydrogens is 203 g/mol. The van der Waals surface area contributed by atoms with Gasteiger partial charge in [-0.05, 0) is 24.3 Å². The Balaban J connectivity index is 0.00000121. The molecule has 0 spiro atoms. The van der Waals surface area contributed by atoms with Crippen LogP contribution in [0.3, 0.4) is 0 Å². The number of nitrogens with two attached hydrogens (primary N) is 2. The van der Waals surface area contributed by atoms with Crippen LogP contribution in [0.4, 0.5) is 5.69 Å². The van der Waals surface area contributed by atoms with Crippen LogP contribution >= 0.6 is 0 Å². The van der Waals surface area contributed by atoms with Crippen LogP contribution in [0, 0.1) is 0 Å². The number of nitrogen functional groups attached to an aromatic ring is 1. The van der Waals surface area contributed by atoms with E-state index in [2.05, 4.69) is 0 Å². The zero-order valence-electron chi connectivity index (χ0n) is 5.69. The fraction of sp³-hybridized carbons (Fsp3) is 0. The van der Waals surface area contributed by atoms with Gasteiger partial charge < -0.3 is 5.73 Å². The van der Waals surface area contributed by atoms with E-state index in [1.165, 1.54) is 24.3 Å². The van der Waals surface area contributed by atoms with Crippen LogP contribution in [0.15, 0.2) is 29.2 Å². The molecule has 4 N–H and O–H groups in total. The van der Waals surface area contributed by atoms with Crippen molar-refractivity contribution in [1.29, 1.82) is 0 Å². The normalized spacial score (nSPS) is 10.4. The number of benzene rings is 1. The number of hydrogen-bond donors (Lipinski definition) is 2. The predicted molar refractivity (Wildman–Crippen MR) is 49.4 cm³/mol. The molecule has 0 heterocycles. The zero-order chi connectivity index (χ0) is 8.48. The van der Waals surface area contributed by atoms with Gasteiger partial charge in [-0.2, -0.15) is 0 Å². The first kappa shape index (κ1) is 12.6. The molecule has 0 saturated carbocycles. The Bertz CT molecular complexity index is 346. The van der Waals surface area contributed by atoms with E-state index in [0.717, 1.165) is 0 Å². The molecule has 1 rings (SSSR count). The Kier molecular flexibility index (Phi) is 4.93. The van der Waals surface area contributed by atoms with E-state index in [1.807, 2.05) is 0 Å². The second kappa shape index (κ2) is 4.71. The van der Waals surface area contributed by atoms with E-state index in [1.54, 1.807) is 0 Å². The molecule has 0 fully saturated rings. The summed E-state index contributed by atoms with van der Waals surface area (Å²) in [7, 11) is -3.58. The molecule has 0 unspecified atom stereocenters. The molecule has 0 atom stereocenters. The third kappa shape index (κ3) is 3.52. The Morgan fingerprint density at radius 1 is 1.08 bits per heavy atom. The van der Waals surface area contributed by atoms with Crippen LogP contribution in [-0.4, -0.2) is 59.8 Å². The SMILES string of the molecule is Nc1ccc(S(N)(=O)=O)cc1.[KH]. The quantitative estimate of drug-likeness (QED) is 0.475. The average molecular weight is 212 g/mol. The van der Waals surface area contributed by atoms with Crippen LogP contribution in [-0.2, 0) is 10.0 Å². The number of rotatable bonds is 1. The summed E-state index contributed by atoms with van der Waals surface area (Å²) >= 11 is 0. The number of anilines is 1. The molecule has 0 amide bonds. The summed E-state index contributed by atoms with van der Waals surface area (Å²) in [5.74, 6) is 0. The molecule has 0 radical (unpaired) electrons. The first-order chi connectivity index (χ1) is 5.00. The van der Waals surface area contributed by atoms with Crippen LogP contribution in [0.1, 0.15) is 0 Å². The Morgan fingerprint density at radius 3 is 1.83 bits per heavy atom. The van der Waals surface area contributed by atoms with Gasteiger partial charge in [0.05, 0.1) is 4.90 Å². The van der Waals surface area contributed by atoms with Gasteiger partial charge in [-0.1, -0.05) is 0 Å². The van der Waals surface area contributed by atoms with E-state index in [9.17, 15) is 8.42 Å². The number of primary sulfonamides is 1. The summed E-state index contributed by atoms with van der Waals surface area (Å²) in [5, 5.41) is 4.84. The fourth-order valence-corrected chi connectivity index (χ4v) is 1.17. The second-order valence-corrected chi connectivity index (χ2v) is 3.68. The fourth-order valence-electron chi connectivity index (χ4n) is 0.658. The van der Waals surface area contributed by atoms with Crippen molar-refractivity contribution in [2.75, 3.05) is 5.73 Å². The second-order valence-electron chi connectivity index (χ2n) is 2.11. The molecule has 0 saturated heterocycles.